The molecule has 0 unspecified atom stereocenters. The highest BCUT2D eigenvalue weighted by Crippen LogP contribution is 2.38. The highest BCUT2D eigenvalue weighted by atomic mass is 16.5. The summed E-state index contributed by atoms with van der Waals surface area (Å²) in [5.74, 6) is 2.69. The van der Waals surface area contributed by atoms with E-state index in [1.807, 2.05) is 30.3 Å². The van der Waals surface area contributed by atoms with Gasteiger partial charge in [-0.05, 0) is 49.1 Å². The number of nitrogen functional groups attached to an aromatic ring is 1. The number of rotatable bonds is 7. The molecule has 0 radical (unpaired) electrons. The molecular weight excluding hydrogens is 402 g/mol. The van der Waals surface area contributed by atoms with E-state index in [4.69, 9.17) is 20.2 Å². The molecule has 32 heavy (non-hydrogen) atoms. The predicted molar refractivity (Wildman–Crippen MR) is 126 cm³/mol. The van der Waals surface area contributed by atoms with E-state index in [0.717, 1.165) is 51.7 Å². The van der Waals surface area contributed by atoms with Gasteiger partial charge >= 0.3 is 0 Å². The normalized spacial score (nSPS) is 13.2. The second kappa shape index (κ2) is 8.34. The van der Waals surface area contributed by atoms with E-state index < -0.39 is 0 Å². The van der Waals surface area contributed by atoms with E-state index in [1.165, 1.54) is 12.8 Å². The Morgan fingerprint density at radius 1 is 0.875 bits per heavy atom. The molecule has 0 bridgehead atoms. The monoisotopic (exact) mass is 427 g/mol. The van der Waals surface area contributed by atoms with Gasteiger partial charge in [0.1, 0.15) is 17.3 Å². The van der Waals surface area contributed by atoms with Crippen LogP contribution in [-0.2, 0) is 0 Å². The summed E-state index contributed by atoms with van der Waals surface area (Å²) in [6.07, 6.45) is 5.99. The Bertz CT molecular complexity index is 1230. The van der Waals surface area contributed by atoms with Crippen LogP contribution in [0.2, 0.25) is 0 Å². The predicted octanol–water partition coefficient (Wildman–Crippen LogP) is 4.84. The summed E-state index contributed by atoms with van der Waals surface area (Å²) >= 11 is 0. The van der Waals surface area contributed by atoms with E-state index in [2.05, 4.69) is 27.0 Å². The van der Waals surface area contributed by atoms with Crippen molar-refractivity contribution in [2.45, 2.75) is 12.8 Å². The van der Waals surface area contributed by atoms with E-state index in [9.17, 15) is 0 Å². The van der Waals surface area contributed by atoms with Crippen LogP contribution in [-0.4, -0.2) is 35.7 Å². The number of nitrogens with zero attached hydrogens (tertiary/aromatic N) is 4. The van der Waals surface area contributed by atoms with Gasteiger partial charge in [-0.25, -0.2) is 9.97 Å². The maximum atomic E-state index is 5.72. The van der Waals surface area contributed by atoms with E-state index in [0.29, 0.717) is 11.7 Å². The summed E-state index contributed by atoms with van der Waals surface area (Å²) in [4.78, 5) is 15.9. The fourth-order valence-electron chi connectivity index (χ4n) is 3.73. The first-order valence-corrected chi connectivity index (χ1v) is 10.6. The van der Waals surface area contributed by atoms with Gasteiger partial charge in [-0.1, -0.05) is 0 Å². The molecule has 1 saturated carbocycles. The summed E-state index contributed by atoms with van der Waals surface area (Å²) in [5.41, 5.74) is 11.1. The first kappa shape index (κ1) is 20.1. The van der Waals surface area contributed by atoms with Crippen LogP contribution in [0.4, 0.5) is 17.2 Å². The fraction of sp³-hybridized carbons (Fsp3) is 0.240. The van der Waals surface area contributed by atoms with Gasteiger partial charge in [0.15, 0.2) is 0 Å². The average molecular weight is 428 g/mol. The molecule has 2 aromatic carbocycles. The van der Waals surface area contributed by atoms with Gasteiger partial charge in [0, 0.05) is 47.9 Å². The van der Waals surface area contributed by atoms with Gasteiger partial charge in [0.25, 0.3) is 0 Å². The minimum atomic E-state index is 0.481. The van der Waals surface area contributed by atoms with Crippen LogP contribution >= 0.6 is 0 Å². The van der Waals surface area contributed by atoms with Gasteiger partial charge in [-0.2, -0.15) is 0 Å². The minimum absolute atomic E-state index is 0.481. The number of methoxy groups -OCH3 is 2. The zero-order valence-corrected chi connectivity index (χ0v) is 18.2. The minimum Gasteiger partial charge on any atom is -0.497 e. The molecule has 1 aliphatic rings. The van der Waals surface area contributed by atoms with E-state index in [-0.39, 0.29) is 0 Å². The van der Waals surface area contributed by atoms with Crippen LogP contribution in [0, 0.1) is 5.92 Å². The van der Waals surface area contributed by atoms with Crippen LogP contribution in [0.3, 0.4) is 0 Å². The Kier molecular flexibility index (Phi) is 5.23. The highest BCUT2D eigenvalue weighted by Gasteiger charge is 2.26. The Hall–Kier alpha value is -3.87. The molecule has 162 valence electrons. The molecule has 0 saturated heterocycles. The highest BCUT2D eigenvalue weighted by molar-refractivity contribution is 5.82. The third kappa shape index (κ3) is 4.14. The number of pyridine rings is 1. The number of hydrogen-bond donors (Lipinski definition) is 1. The number of benzene rings is 2. The van der Waals surface area contributed by atoms with Crippen LogP contribution in [0.25, 0.3) is 22.3 Å². The lowest BCUT2D eigenvalue weighted by Crippen LogP contribution is -2.20. The SMILES string of the molecule is COc1cc(OC)cc(N(CC2CC2)c2ccc3ncc(-c4ccc(N)nc4)nc3c2)c1. The van der Waals surface area contributed by atoms with Gasteiger partial charge < -0.3 is 20.1 Å². The maximum Gasteiger partial charge on any atom is 0.124 e. The van der Waals surface area contributed by atoms with Crippen molar-refractivity contribution in [3.05, 3.63) is 60.9 Å². The van der Waals surface area contributed by atoms with Crippen molar-refractivity contribution < 1.29 is 9.47 Å². The molecule has 0 atom stereocenters. The second-order valence-electron chi connectivity index (χ2n) is 8.02. The maximum absolute atomic E-state index is 5.72. The Labute approximate surface area is 186 Å². The summed E-state index contributed by atoms with van der Waals surface area (Å²) < 4.78 is 11.0. The first-order valence-electron chi connectivity index (χ1n) is 10.6. The number of ether oxygens (including phenoxy) is 2. The number of anilines is 3. The second-order valence-corrected chi connectivity index (χ2v) is 8.02. The Morgan fingerprint density at radius 3 is 2.31 bits per heavy atom. The smallest absolute Gasteiger partial charge is 0.124 e. The molecule has 5 rings (SSSR count). The van der Waals surface area contributed by atoms with Gasteiger partial charge in [-0.3, -0.25) is 4.98 Å². The van der Waals surface area contributed by atoms with E-state index in [1.54, 1.807) is 32.7 Å². The molecule has 4 aromatic rings. The molecule has 0 amide bonds. The summed E-state index contributed by atoms with van der Waals surface area (Å²) in [5, 5.41) is 0. The molecular formula is C25H25N5O2. The molecule has 2 heterocycles. The first-order chi connectivity index (χ1) is 15.6. The summed E-state index contributed by atoms with van der Waals surface area (Å²) in [6.45, 7) is 0.927. The van der Waals surface area contributed by atoms with Crippen molar-refractivity contribution in [3.8, 4) is 22.8 Å². The summed E-state index contributed by atoms with van der Waals surface area (Å²) in [6, 6.07) is 15.8. The Balaban J connectivity index is 1.57. The number of aromatic nitrogens is 3. The van der Waals surface area contributed by atoms with Crippen LogP contribution in [0.15, 0.2) is 60.9 Å². The van der Waals surface area contributed by atoms with Gasteiger partial charge in [-0.15, -0.1) is 0 Å². The molecule has 2 N–H and O–H groups in total. The number of hydrogen-bond acceptors (Lipinski definition) is 7. The van der Waals surface area contributed by atoms with Crippen molar-refractivity contribution in [2.24, 2.45) is 5.92 Å². The lowest BCUT2D eigenvalue weighted by molar-refractivity contribution is 0.394. The summed E-state index contributed by atoms with van der Waals surface area (Å²) in [7, 11) is 3.34. The van der Waals surface area contributed by atoms with Crippen molar-refractivity contribution in [3.63, 3.8) is 0 Å². The number of fused-ring (bicyclic) bond motifs is 1. The van der Waals surface area contributed by atoms with Crippen LogP contribution in [0.5, 0.6) is 11.5 Å². The van der Waals surface area contributed by atoms with Crippen LogP contribution in [0.1, 0.15) is 12.8 Å². The lowest BCUT2D eigenvalue weighted by atomic mass is 10.1. The topological polar surface area (TPSA) is 86.4 Å². The zero-order valence-electron chi connectivity index (χ0n) is 18.2. The van der Waals surface area contributed by atoms with Crippen molar-refractivity contribution in [2.75, 3.05) is 31.4 Å². The van der Waals surface area contributed by atoms with Crippen molar-refractivity contribution in [1.82, 2.24) is 15.0 Å². The van der Waals surface area contributed by atoms with Gasteiger partial charge in [0.05, 0.1) is 37.1 Å². The molecule has 1 aliphatic carbocycles. The quantitative estimate of drug-likeness (QED) is 0.452. The fourth-order valence-corrected chi connectivity index (χ4v) is 3.73. The standard InChI is InChI=1S/C25H25N5O2/c1-31-20-9-19(10-21(12-20)32-2)30(15-16-3-4-16)18-6-7-22-23(11-18)29-24(14-27-22)17-5-8-25(26)28-13-17/h5-14,16H,3-4,15H2,1-2H3,(H2,26,28). The van der Waals surface area contributed by atoms with Crippen molar-refractivity contribution in [1.29, 1.82) is 0 Å². The third-order valence-electron chi connectivity index (χ3n) is 5.71. The molecule has 0 aliphatic heterocycles. The molecule has 2 aromatic heterocycles. The van der Waals surface area contributed by atoms with E-state index >= 15 is 0 Å². The molecule has 7 heteroatoms. The Morgan fingerprint density at radius 2 is 1.66 bits per heavy atom. The number of nitrogens with two attached hydrogens (primary N) is 1. The van der Waals surface area contributed by atoms with Crippen molar-refractivity contribution >= 4 is 28.2 Å². The molecule has 0 spiro atoms. The average Bonchev–Trinajstić information content (AvgIpc) is 3.66. The van der Waals surface area contributed by atoms with Crippen LogP contribution < -0.4 is 20.1 Å². The molecule has 1 fully saturated rings. The van der Waals surface area contributed by atoms with Gasteiger partial charge in [0.2, 0.25) is 0 Å². The largest absolute Gasteiger partial charge is 0.497 e. The third-order valence-corrected chi connectivity index (χ3v) is 5.71. The zero-order chi connectivity index (χ0) is 22.1. The molecule has 7 nitrogen and oxygen atoms in total. The lowest BCUT2D eigenvalue weighted by Gasteiger charge is -2.26.